The Balaban J connectivity index is 0.000000170. The van der Waals surface area contributed by atoms with Gasteiger partial charge in [-0.05, 0) is 123 Å². The quantitative estimate of drug-likeness (QED) is 0.0333. The van der Waals surface area contributed by atoms with Gasteiger partial charge in [-0.2, -0.15) is 54.8 Å². The maximum atomic E-state index is 13.1. The summed E-state index contributed by atoms with van der Waals surface area (Å²) in [5.41, 5.74) is 3.90. The number of urea groups is 1. The number of rotatable bonds is 19. The van der Waals surface area contributed by atoms with Crippen LogP contribution in [-0.2, 0) is 34.4 Å². The third-order valence-electron chi connectivity index (χ3n) is 15.9. The van der Waals surface area contributed by atoms with Crippen molar-refractivity contribution in [2.45, 2.75) is 45.7 Å². The van der Waals surface area contributed by atoms with E-state index < -0.39 is 69.9 Å². The molecular weight excluding hydrogens is 1410 g/mol. The van der Waals surface area contributed by atoms with E-state index in [1.807, 2.05) is 0 Å². The average Bonchev–Trinajstić information content (AvgIpc) is 1.67. The Kier molecular flexibility index (Phi) is 23.5. The molecule has 0 spiro atoms. The summed E-state index contributed by atoms with van der Waals surface area (Å²) in [7, 11) is 1.25. The van der Waals surface area contributed by atoms with Crippen LogP contribution in [0, 0.1) is 0 Å². The van der Waals surface area contributed by atoms with E-state index in [0.717, 1.165) is 56.0 Å². The number of Topliss-reactive ketones (excluding diaryl/α,β-unsaturated/α-hetero) is 1. The number of ether oxygens (including phenoxy) is 2. The van der Waals surface area contributed by atoms with Crippen molar-refractivity contribution >= 4 is 81.2 Å². The first-order valence-electron chi connectivity index (χ1n) is 31.8. The number of carbonyl (C=O) groups is 6. The van der Waals surface area contributed by atoms with Gasteiger partial charge in [-0.15, -0.1) is 0 Å². The van der Waals surface area contributed by atoms with Crippen molar-refractivity contribution in [3.8, 4) is 33.8 Å². The number of hydrogen-bond acceptors (Lipinski definition) is 15. The van der Waals surface area contributed by atoms with Gasteiger partial charge in [0.25, 0.3) is 11.8 Å². The summed E-state index contributed by atoms with van der Waals surface area (Å²) in [6.07, 6.45) is -5.00. The average molecular weight is 1470 g/mol. The number of methoxy groups -OCH3 is 1. The second-order valence-electron chi connectivity index (χ2n) is 22.7. The third-order valence-corrected chi connectivity index (χ3v) is 16.2. The molecule has 22 nitrogen and oxygen atoms in total. The smallest absolute Gasteiger partial charge is 0.417 e. The van der Waals surface area contributed by atoms with Crippen LogP contribution in [0.1, 0.15) is 94.8 Å². The number of carbonyl (C=O) groups excluding carboxylic acids is 6. The molecule has 0 aliphatic carbocycles. The van der Waals surface area contributed by atoms with Crippen molar-refractivity contribution in [1.82, 2.24) is 54.0 Å². The predicted octanol–water partition coefficient (Wildman–Crippen LogP) is 15.3. The molecule has 4 amide bonds. The minimum absolute atomic E-state index is 0.00677. The van der Waals surface area contributed by atoms with Gasteiger partial charge in [-0.25, -0.2) is 42.9 Å². The van der Waals surface area contributed by atoms with E-state index in [2.05, 4.69) is 70.3 Å². The largest absolute Gasteiger partial charge is 0.465 e. The van der Waals surface area contributed by atoms with E-state index in [9.17, 15) is 68.3 Å². The van der Waals surface area contributed by atoms with E-state index in [1.54, 1.807) is 98.0 Å². The highest BCUT2D eigenvalue weighted by atomic mass is 35.5. The van der Waals surface area contributed by atoms with E-state index in [4.69, 9.17) is 21.1 Å². The Bertz CT molecular complexity index is 5210. The van der Waals surface area contributed by atoms with Gasteiger partial charge in [0, 0.05) is 83.0 Å². The number of hydrogen-bond donors (Lipinski definition) is 4. The van der Waals surface area contributed by atoms with Crippen LogP contribution in [0.25, 0.3) is 50.7 Å². The van der Waals surface area contributed by atoms with Crippen molar-refractivity contribution in [1.29, 1.82) is 0 Å². The predicted molar refractivity (Wildman–Crippen MR) is 371 cm³/mol. The number of esters is 2. The zero-order valence-corrected chi connectivity index (χ0v) is 56.5. The van der Waals surface area contributed by atoms with Crippen molar-refractivity contribution in [2.24, 2.45) is 0 Å². The first-order chi connectivity index (χ1) is 50.1. The number of amides is 4. The van der Waals surface area contributed by atoms with Gasteiger partial charge in [0.15, 0.2) is 22.7 Å². The van der Waals surface area contributed by atoms with E-state index in [-0.39, 0.29) is 58.2 Å². The molecule has 0 unspecified atom stereocenters. The molecule has 6 aromatic heterocycles. The third kappa shape index (κ3) is 18.3. The van der Waals surface area contributed by atoms with Crippen LogP contribution in [0.15, 0.2) is 195 Å². The normalized spacial score (nSPS) is 11.5. The molecular formula is C73H60ClF9N14O8. The molecule has 6 aromatic carbocycles. The lowest BCUT2D eigenvalue weighted by Crippen LogP contribution is -2.34. The molecule has 6 heterocycles. The molecule has 0 atom stereocenters. The van der Waals surface area contributed by atoms with Gasteiger partial charge in [-0.1, -0.05) is 86.1 Å². The van der Waals surface area contributed by atoms with Gasteiger partial charge in [0.05, 0.1) is 71.1 Å². The van der Waals surface area contributed by atoms with Crippen LogP contribution in [0.5, 0.6) is 0 Å². The Hall–Kier alpha value is -12.4. The molecule has 0 saturated carbocycles. The van der Waals surface area contributed by atoms with E-state index >= 15 is 0 Å². The van der Waals surface area contributed by atoms with Crippen LogP contribution in [0.2, 0.25) is 5.02 Å². The van der Waals surface area contributed by atoms with Crippen molar-refractivity contribution < 1.29 is 77.8 Å². The monoisotopic (exact) mass is 1470 g/mol. The number of anilines is 3. The van der Waals surface area contributed by atoms with E-state index in [1.165, 1.54) is 88.0 Å². The number of fused-ring (bicyclic) bond motifs is 3. The molecule has 32 heteroatoms. The second kappa shape index (κ2) is 32.7. The van der Waals surface area contributed by atoms with Gasteiger partial charge in [-0.3, -0.25) is 14.4 Å². The Morgan fingerprint density at radius 3 is 1.54 bits per heavy atom. The highest BCUT2D eigenvalue weighted by Crippen LogP contribution is 2.37. The molecule has 0 bridgehead atoms. The van der Waals surface area contributed by atoms with Crippen LogP contribution >= 0.6 is 11.6 Å². The number of nitrogens with one attached hydrogen (secondary N) is 4. The number of halogens is 10. The van der Waals surface area contributed by atoms with Gasteiger partial charge in [0.1, 0.15) is 16.7 Å². The zero-order valence-electron chi connectivity index (χ0n) is 55.7. The first-order valence-corrected chi connectivity index (χ1v) is 32.2. The van der Waals surface area contributed by atoms with Crippen LogP contribution in [-0.4, -0.2) is 124 Å². The van der Waals surface area contributed by atoms with Gasteiger partial charge < -0.3 is 35.6 Å². The molecule has 0 aliphatic heterocycles. The zero-order chi connectivity index (χ0) is 75.3. The van der Waals surface area contributed by atoms with E-state index in [0.29, 0.717) is 68.4 Å². The minimum atomic E-state index is -4.66. The fourth-order valence-corrected chi connectivity index (χ4v) is 10.9. The Morgan fingerprint density at radius 1 is 0.495 bits per heavy atom. The molecule has 105 heavy (non-hydrogen) atoms. The highest BCUT2D eigenvalue weighted by molar-refractivity contribution is 6.31. The summed E-state index contributed by atoms with van der Waals surface area (Å²) in [5.74, 6) is -2.40. The number of alkyl halides is 9. The summed E-state index contributed by atoms with van der Waals surface area (Å²) in [6, 6.07) is 36.5. The molecule has 540 valence electrons. The summed E-state index contributed by atoms with van der Waals surface area (Å²) in [5, 5.41) is 22.7. The Labute approximate surface area is 595 Å². The SMILES string of the molecule is CCN(CC)CCNC(=O)c1cnn2c(-c3cccc(NC(=O)Nc4ccc(Cl)c(C(F)(F)F)c4)c3)ccnc12.CCOC(=O)c1cnn2c(-c3cccc(CC(=O)c4cccc(C(F)(F)F)c4)c3)ccnc12.COC(=O)c1cnn2c(-c3cccc(C(=O)Nc4cccc(C(F)(F)F)c4)c3)ccnc12. The number of ketones is 1. The lowest BCUT2D eigenvalue weighted by Gasteiger charge is -2.17. The first kappa shape index (κ1) is 75.3. The molecule has 0 saturated heterocycles. The van der Waals surface area contributed by atoms with Crippen LogP contribution < -0.4 is 21.3 Å². The molecule has 12 aromatic rings. The lowest BCUT2D eigenvalue weighted by atomic mass is 9.99. The van der Waals surface area contributed by atoms with Crippen molar-refractivity contribution in [2.75, 3.05) is 55.8 Å². The Morgan fingerprint density at radius 2 is 0.981 bits per heavy atom. The minimum Gasteiger partial charge on any atom is -0.465 e. The molecule has 0 aliphatic rings. The van der Waals surface area contributed by atoms with Gasteiger partial charge >= 0.3 is 36.5 Å². The molecule has 4 N–H and O–H groups in total. The standard InChI is InChI=1S/C27H27ClF3N7O2.C24H18F3N3O3.C22H15F3N4O3/c1-3-37(4-2)13-12-33-25(39)20-16-34-38-23(10-11-32-24(20)38)17-6-5-7-18(14-17)35-26(40)36-19-8-9-22(28)21(15-19)27(29,30)31;1-2-33-23(32)19-14-29-30-20(9-10-28-22(19)30)16-6-3-5-15(11-16)12-21(31)17-7-4-8-18(13-17)24(25,26)27;1-32-21(31)17-12-27-29-18(8-9-26-19(17)29)13-4-2-5-14(10-13)20(30)28-16-7-3-6-15(11-16)22(23,24)25/h5-11,14-16H,3-4,12-13H2,1-2H3,(H,33,39)(H2,35,36,40);3-11,13-14H,2,12H2,1H3;2-12H,1H3,(H,28,30). The number of nitrogens with zero attached hydrogens (tertiary/aromatic N) is 10. The van der Waals surface area contributed by atoms with Gasteiger partial charge in [0.2, 0.25) is 0 Å². The van der Waals surface area contributed by atoms with Crippen LogP contribution in [0.3, 0.4) is 0 Å². The highest BCUT2D eigenvalue weighted by Gasteiger charge is 2.35. The van der Waals surface area contributed by atoms with Crippen molar-refractivity contribution in [3.05, 3.63) is 250 Å². The molecule has 0 fully saturated rings. The van der Waals surface area contributed by atoms with Crippen LogP contribution in [0.4, 0.5) is 61.4 Å². The maximum absolute atomic E-state index is 13.1. The topological polar surface area (TPSA) is 263 Å². The summed E-state index contributed by atoms with van der Waals surface area (Å²) in [6.45, 7) is 9.05. The molecule has 0 radical (unpaired) electrons. The second-order valence-corrected chi connectivity index (χ2v) is 23.1. The summed E-state index contributed by atoms with van der Waals surface area (Å²) >= 11 is 5.64. The fraction of sp³-hybridized carbons (Fsp3) is 0.178. The number of likely N-dealkylation sites (N-methyl/N-ethyl adjacent to an activating group) is 1. The summed E-state index contributed by atoms with van der Waals surface area (Å²) < 4.78 is 131. The lowest BCUT2D eigenvalue weighted by molar-refractivity contribution is -0.138. The fourth-order valence-electron chi connectivity index (χ4n) is 10.7. The van der Waals surface area contributed by atoms with Crippen molar-refractivity contribution in [3.63, 3.8) is 0 Å². The molecule has 12 rings (SSSR count). The maximum Gasteiger partial charge on any atom is 0.417 e. The number of benzene rings is 6. The number of aromatic nitrogens is 9. The summed E-state index contributed by atoms with van der Waals surface area (Å²) in [4.78, 5) is 89.6.